The summed E-state index contributed by atoms with van der Waals surface area (Å²) in [5.74, 6) is -0.804. The molecule has 2 aromatic carbocycles. The molecule has 0 unspecified atom stereocenters. The molecule has 11 heteroatoms. The number of nitrogens with two attached hydrogens (primary N) is 1. The minimum absolute atomic E-state index is 0.0177. The van der Waals surface area contributed by atoms with E-state index in [4.69, 9.17) is 10.5 Å². The summed E-state index contributed by atoms with van der Waals surface area (Å²) in [5, 5.41) is 11.5. The van der Waals surface area contributed by atoms with Gasteiger partial charge in [0.15, 0.2) is 11.4 Å². The average Bonchev–Trinajstić information content (AvgIpc) is 2.84. The van der Waals surface area contributed by atoms with Crippen molar-refractivity contribution >= 4 is 23.1 Å². The van der Waals surface area contributed by atoms with E-state index in [1.165, 1.54) is 16.7 Å². The number of carbonyl (C=O) groups is 1. The van der Waals surface area contributed by atoms with Crippen molar-refractivity contribution in [3.05, 3.63) is 90.6 Å². The number of rotatable bonds is 10. The fourth-order valence-corrected chi connectivity index (χ4v) is 3.62. The van der Waals surface area contributed by atoms with Crippen LogP contribution in [-0.4, -0.2) is 33.5 Å². The van der Waals surface area contributed by atoms with E-state index < -0.39 is 22.1 Å². The van der Waals surface area contributed by atoms with Crippen LogP contribution in [0.2, 0.25) is 0 Å². The van der Waals surface area contributed by atoms with Crippen LogP contribution in [0.4, 0.5) is 17.2 Å². The maximum absolute atomic E-state index is 13.5. The van der Waals surface area contributed by atoms with Crippen LogP contribution < -0.4 is 26.6 Å². The van der Waals surface area contributed by atoms with Gasteiger partial charge < -0.3 is 15.4 Å². The average molecular weight is 482 g/mol. The van der Waals surface area contributed by atoms with E-state index in [9.17, 15) is 24.5 Å². The molecule has 1 aromatic heterocycles. The first kappa shape index (κ1) is 25.2. The Balaban J connectivity index is 2.11. The lowest BCUT2D eigenvalue weighted by Gasteiger charge is -2.24. The zero-order valence-corrected chi connectivity index (χ0v) is 19.5. The Labute approximate surface area is 200 Å². The molecule has 184 valence electrons. The monoisotopic (exact) mass is 481 g/mol. The highest BCUT2D eigenvalue weighted by Gasteiger charge is 2.27. The van der Waals surface area contributed by atoms with Gasteiger partial charge in [0, 0.05) is 18.2 Å². The molecule has 1 heterocycles. The number of nitrogens with zero attached hydrogens (tertiary/aromatic N) is 3. The maximum atomic E-state index is 13.5. The van der Waals surface area contributed by atoms with Gasteiger partial charge in [-0.3, -0.25) is 29.3 Å². The minimum Gasteiger partial charge on any atom is -0.487 e. The molecule has 0 spiro atoms. The molecule has 1 amide bonds. The highest BCUT2D eigenvalue weighted by Crippen LogP contribution is 2.29. The third kappa shape index (κ3) is 5.57. The molecule has 35 heavy (non-hydrogen) atoms. The fraction of sp³-hybridized carbons (Fsp3) is 0.292. The smallest absolute Gasteiger partial charge is 0.330 e. The third-order valence-corrected chi connectivity index (χ3v) is 5.35. The van der Waals surface area contributed by atoms with E-state index in [2.05, 4.69) is 4.98 Å². The number of ether oxygens (including phenoxy) is 1. The van der Waals surface area contributed by atoms with Gasteiger partial charge in [-0.05, 0) is 31.0 Å². The van der Waals surface area contributed by atoms with Crippen LogP contribution in [0, 0.1) is 10.1 Å². The first-order valence-corrected chi connectivity index (χ1v) is 11.2. The Kier molecular flexibility index (Phi) is 8.03. The molecule has 3 N–H and O–H groups in total. The van der Waals surface area contributed by atoms with Crippen LogP contribution in [-0.2, 0) is 6.54 Å². The number of nitrogen functional groups attached to an aromatic ring is 1. The molecule has 0 saturated carbocycles. The molecule has 0 aliphatic rings. The molecule has 0 aliphatic heterocycles. The number of carbonyl (C=O) groups excluding carboxylic acids is 1. The number of amides is 1. The largest absolute Gasteiger partial charge is 0.487 e. The second kappa shape index (κ2) is 11.1. The van der Waals surface area contributed by atoms with Crippen LogP contribution in [0.15, 0.2) is 58.1 Å². The van der Waals surface area contributed by atoms with E-state index in [0.717, 1.165) is 16.5 Å². The fourth-order valence-electron chi connectivity index (χ4n) is 3.62. The quantitative estimate of drug-likeness (QED) is 0.333. The summed E-state index contributed by atoms with van der Waals surface area (Å²) in [6.07, 6.45) is 1.23. The van der Waals surface area contributed by atoms with Crippen molar-refractivity contribution in [2.24, 2.45) is 0 Å². The van der Waals surface area contributed by atoms with E-state index in [0.29, 0.717) is 12.8 Å². The van der Waals surface area contributed by atoms with Gasteiger partial charge in [-0.1, -0.05) is 43.7 Å². The Hall–Kier alpha value is -4.41. The Bertz CT molecular complexity index is 1330. The normalized spacial score (nSPS) is 10.7. The van der Waals surface area contributed by atoms with Gasteiger partial charge in [-0.25, -0.2) is 4.79 Å². The van der Waals surface area contributed by atoms with Crippen molar-refractivity contribution in [1.29, 1.82) is 0 Å². The zero-order valence-electron chi connectivity index (χ0n) is 19.5. The number of hydrogen-bond donors (Lipinski definition) is 2. The van der Waals surface area contributed by atoms with Gasteiger partial charge in [0.1, 0.15) is 5.82 Å². The van der Waals surface area contributed by atoms with Crippen LogP contribution in [0.1, 0.15) is 42.6 Å². The third-order valence-electron chi connectivity index (χ3n) is 5.35. The summed E-state index contributed by atoms with van der Waals surface area (Å²) in [7, 11) is 0. The van der Waals surface area contributed by atoms with Gasteiger partial charge in [0.2, 0.25) is 0 Å². The van der Waals surface area contributed by atoms with Gasteiger partial charge in [-0.2, -0.15) is 0 Å². The van der Waals surface area contributed by atoms with Crippen LogP contribution >= 0.6 is 0 Å². The first-order valence-electron chi connectivity index (χ1n) is 11.2. The van der Waals surface area contributed by atoms with Crippen LogP contribution in [0.25, 0.3) is 0 Å². The molecule has 0 bridgehead atoms. The van der Waals surface area contributed by atoms with E-state index in [-0.39, 0.29) is 48.2 Å². The molecule has 0 saturated heterocycles. The number of nitro benzene ring substituents is 1. The molecule has 0 fully saturated rings. The van der Waals surface area contributed by atoms with Crippen molar-refractivity contribution in [2.75, 3.05) is 23.8 Å². The first-order chi connectivity index (χ1) is 16.8. The number of nitro groups is 1. The topological polar surface area (TPSA) is 154 Å². The van der Waals surface area contributed by atoms with Gasteiger partial charge in [0.05, 0.1) is 18.1 Å². The van der Waals surface area contributed by atoms with Crippen LogP contribution in [0.5, 0.6) is 5.75 Å². The lowest BCUT2D eigenvalue weighted by atomic mass is 10.1. The Morgan fingerprint density at radius 1 is 1.17 bits per heavy atom. The zero-order chi connectivity index (χ0) is 25.5. The molecule has 0 atom stereocenters. The lowest BCUT2D eigenvalue weighted by molar-refractivity contribution is -0.385. The highest BCUT2D eigenvalue weighted by molar-refractivity contribution is 6.07. The van der Waals surface area contributed by atoms with Crippen molar-refractivity contribution in [1.82, 2.24) is 9.55 Å². The summed E-state index contributed by atoms with van der Waals surface area (Å²) in [6.45, 7) is 4.02. The van der Waals surface area contributed by atoms with Gasteiger partial charge in [0.25, 0.3) is 11.5 Å². The number of benzene rings is 2. The molecular formula is C24H27N5O6. The van der Waals surface area contributed by atoms with Crippen molar-refractivity contribution in [3.8, 4) is 5.75 Å². The summed E-state index contributed by atoms with van der Waals surface area (Å²) in [5.41, 5.74) is 4.96. The molecule has 0 radical (unpaired) electrons. The molecule has 0 aliphatic carbocycles. The van der Waals surface area contributed by atoms with Crippen molar-refractivity contribution < 1.29 is 14.5 Å². The predicted octanol–water partition coefficient (Wildman–Crippen LogP) is 2.92. The van der Waals surface area contributed by atoms with Crippen molar-refractivity contribution in [3.63, 3.8) is 0 Å². The number of aromatic amines is 1. The lowest BCUT2D eigenvalue weighted by Crippen LogP contribution is -2.41. The number of hydrogen-bond acceptors (Lipinski definition) is 7. The molecule has 11 nitrogen and oxygen atoms in total. The predicted molar refractivity (Wildman–Crippen MR) is 132 cm³/mol. The summed E-state index contributed by atoms with van der Waals surface area (Å²) in [4.78, 5) is 53.2. The highest BCUT2D eigenvalue weighted by atomic mass is 16.6. The Morgan fingerprint density at radius 2 is 1.89 bits per heavy atom. The molecular weight excluding hydrogens is 454 g/mol. The number of unbranched alkanes of at least 4 members (excludes halogenated alkanes) is 1. The summed E-state index contributed by atoms with van der Waals surface area (Å²) >= 11 is 0. The molecule has 3 rings (SSSR count). The number of H-pyrrole nitrogens is 1. The second-order valence-electron chi connectivity index (χ2n) is 7.75. The maximum Gasteiger partial charge on any atom is 0.330 e. The summed E-state index contributed by atoms with van der Waals surface area (Å²) in [6, 6.07) is 12.9. The van der Waals surface area contributed by atoms with Crippen molar-refractivity contribution in [2.45, 2.75) is 33.2 Å². The minimum atomic E-state index is -0.818. The number of aromatic nitrogens is 2. The van der Waals surface area contributed by atoms with E-state index in [1.807, 2.05) is 13.0 Å². The van der Waals surface area contributed by atoms with Gasteiger partial charge in [-0.15, -0.1) is 0 Å². The summed E-state index contributed by atoms with van der Waals surface area (Å²) < 4.78 is 6.47. The van der Waals surface area contributed by atoms with E-state index in [1.54, 1.807) is 31.2 Å². The Morgan fingerprint density at radius 3 is 2.51 bits per heavy atom. The molecule has 3 aromatic rings. The standard InChI is InChI=1S/C24H27N5O6/c1-3-5-13-27(23(31)17-11-12-19(35-4-2)18(14-17)29(33)34)20-21(25)28(24(32)26-22(20)30)15-16-9-7-6-8-10-16/h6-12,14H,3-5,13,15,25H2,1-2H3,(H,26,30,32). The van der Waals surface area contributed by atoms with Gasteiger partial charge >= 0.3 is 11.4 Å². The van der Waals surface area contributed by atoms with Crippen LogP contribution in [0.3, 0.4) is 0 Å². The second-order valence-corrected chi connectivity index (χ2v) is 7.75. The SMILES string of the molecule is CCCCN(C(=O)c1ccc(OCC)c([N+](=O)[O-])c1)c1c(N)n(Cc2ccccc2)c(=O)[nH]c1=O. The number of anilines is 2. The van der Waals surface area contributed by atoms with E-state index >= 15 is 0 Å². The number of nitrogens with one attached hydrogen (secondary N) is 1.